The van der Waals surface area contributed by atoms with Crippen molar-refractivity contribution in [3.05, 3.63) is 0 Å². The van der Waals surface area contributed by atoms with Crippen LogP contribution in [-0.4, -0.2) is 12.1 Å². The minimum atomic E-state index is -0.0143. The first-order valence-corrected chi connectivity index (χ1v) is 7.40. The molecular formula is C15H30O2. The first kappa shape index (κ1) is 16.5. The second-order valence-corrected chi connectivity index (χ2v) is 4.96. The first-order chi connectivity index (χ1) is 8.20. The van der Waals surface area contributed by atoms with Crippen molar-refractivity contribution in [2.75, 3.05) is 0 Å². The van der Waals surface area contributed by atoms with Crippen molar-refractivity contribution in [3.8, 4) is 0 Å². The van der Waals surface area contributed by atoms with Crippen LogP contribution in [-0.2, 0) is 9.53 Å². The Balaban J connectivity index is 3.27. The highest BCUT2D eigenvalue weighted by molar-refractivity contribution is 5.69. The maximum absolute atomic E-state index is 11.4. The molecule has 0 aromatic heterocycles. The topological polar surface area (TPSA) is 26.3 Å². The Bertz CT molecular complexity index is 178. The molecule has 1 atom stereocenters. The molecule has 0 aliphatic rings. The monoisotopic (exact) mass is 242 g/mol. The predicted octanol–water partition coefficient (Wildman–Crippen LogP) is 4.86. The molecule has 0 saturated carbocycles. The van der Waals surface area contributed by atoms with E-state index in [4.69, 9.17) is 4.74 Å². The minimum Gasteiger partial charge on any atom is -0.463 e. The smallest absolute Gasteiger partial charge is 0.306 e. The minimum absolute atomic E-state index is 0.0143. The zero-order chi connectivity index (χ0) is 12.9. The summed E-state index contributed by atoms with van der Waals surface area (Å²) in [7, 11) is 0. The van der Waals surface area contributed by atoms with Crippen LogP contribution in [0.15, 0.2) is 0 Å². The molecule has 0 N–H and O–H groups in total. The van der Waals surface area contributed by atoms with E-state index in [2.05, 4.69) is 13.8 Å². The number of hydrogen-bond acceptors (Lipinski definition) is 2. The van der Waals surface area contributed by atoms with Gasteiger partial charge in [0.25, 0.3) is 0 Å². The lowest BCUT2D eigenvalue weighted by atomic mass is 10.1. The Labute approximate surface area is 107 Å². The molecular weight excluding hydrogens is 212 g/mol. The van der Waals surface area contributed by atoms with Crippen molar-refractivity contribution in [3.63, 3.8) is 0 Å². The molecule has 0 fully saturated rings. The standard InChI is InChI=1S/C15H30O2/c1-4-6-7-8-9-10-11-13-15(16)17-14(3)12-5-2/h14H,4-13H2,1-3H3. The van der Waals surface area contributed by atoms with Gasteiger partial charge < -0.3 is 4.74 Å². The van der Waals surface area contributed by atoms with Crippen molar-refractivity contribution >= 4 is 5.97 Å². The van der Waals surface area contributed by atoms with Crippen LogP contribution >= 0.6 is 0 Å². The van der Waals surface area contributed by atoms with Gasteiger partial charge >= 0.3 is 5.97 Å². The Hall–Kier alpha value is -0.530. The third-order valence-electron chi connectivity index (χ3n) is 3.01. The van der Waals surface area contributed by atoms with E-state index in [1.807, 2.05) is 6.92 Å². The lowest BCUT2D eigenvalue weighted by Gasteiger charge is -2.11. The molecule has 17 heavy (non-hydrogen) atoms. The van der Waals surface area contributed by atoms with E-state index in [1.54, 1.807) is 0 Å². The largest absolute Gasteiger partial charge is 0.463 e. The second-order valence-electron chi connectivity index (χ2n) is 4.96. The van der Waals surface area contributed by atoms with Crippen molar-refractivity contribution in [2.45, 2.75) is 91.1 Å². The van der Waals surface area contributed by atoms with Gasteiger partial charge in [-0.15, -0.1) is 0 Å². The molecule has 1 unspecified atom stereocenters. The number of carbonyl (C=O) groups is 1. The number of unbranched alkanes of at least 4 members (excludes halogenated alkanes) is 6. The molecule has 0 amide bonds. The molecule has 0 aromatic carbocycles. The van der Waals surface area contributed by atoms with Crippen LogP contribution in [0.4, 0.5) is 0 Å². The van der Waals surface area contributed by atoms with Gasteiger partial charge in [0, 0.05) is 6.42 Å². The van der Waals surface area contributed by atoms with Crippen molar-refractivity contribution in [2.24, 2.45) is 0 Å². The summed E-state index contributed by atoms with van der Waals surface area (Å²) in [4.78, 5) is 11.4. The van der Waals surface area contributed by atoms with Crippen LogP contribution in [0.2, 0.25) is 0 Å². The maximum atomic E-state index is 11.4. The van der Waals surface area contributed by atoms with Gasteiger partial charge in [-0.1, -0.05) is 58.8 Å². The molecule has 0 radical (unpaired) electrons. The summed E-state index contributed by atoms with van der Waals surface area (Å²) in [6.07, 6.45) is 11.5. The van der Waals surface area contributed by atoms with Gasteiger partial charge in [0.15, 0.2) is 0 Å². The molecule has 0 heterocycles. The molecule has 0 bridgehead atoms. The Morgan fingerprint density at radius 2 is 1.53 bits per heavy atom. The number of hydrogen-bond donors (Lipinski definition) is 0. The molecule has 2 heteroatoms. The highest BCUT2D eigenvalue weighted by Crippen LogP contribution is 2.10. The zero-order valence-electron chi connectivity index (χ0n) is 12.0. The van der Waals surface area contributed by atoms with Crippen LogP contribution in [0.3, 0.4) is 0 Å². The first-order valence-electron chi connectivity index (χ1n) is 7.40. The fourth-order valence-corrected chi connectivity index (χ4v) is 1.98. The maximum Gasteiger partial charge on any atom is 0.306 e. The molecule has 0 spiro atoms. The van der Waals surface area contributed by atoms with E-state index in [1.165, 1.54) is 38.5 Å². The summed E-state index contributed by atoms with van der Waals surface area (Å²) in [5.41, 5.74) is 0. The third kappa shape index (κ3) is 11.7. The Morgan fingerprint density at radius 1 is 0.941 bits per heavy atom. The summed E-state index contributed by atoms with van der Waals surface area (Å²) in [6, 6.07) is 0. The summed E-state index contributed by atoms with van der Waals surface area (Å²) in [5.74, 6) is -0.0143. The molecule has 0 aliphatic heterocycles. The predicted molar refractivity (Wildman–Crippen MR) is 73.1 cm³/mol. The zero-order valence-corrected chi connectivity index (χ0v) is 12.0. The fraction of sp³-hybridized carbons (Fsp3) is 0.933. The van der Waals surface area contributed by atoms with Crippen LogP contribution in [0.25, 0.3) is 0 Å². The fourth-order valence-electron chi connectivity index (χ4n) is 1.98. The van der Waals surface area contributed by atoms with Crippen molar-refractivity contribution in [1.29, 1.82) is 0 Å². The molecule has 0 saturated heterocycles. The van der Waals surface area contributed by atoms with E-state index < -0.39 is 0 Å². The summed E-state index contributed by atoms with van der Waals surface area (Å²) >= 11 is 0. The lowest BCUT2D eigenvalue weighted by Crippen LogP contribution is -2.14. The summed E-state index contributed by atoms with van der Waals surface area (Å²) in [5, 5.41) is 0. The molecule has 2 nitrogen and oxygen atoms in total. The second kappa shape index (κ2) is 11.9. The lowest BCUT2D eigenvalue weighted by molar-refractivity contribution is -0.148. The quantitative estimate of drug-likeness (QED) is 0.382. The van der Waals surface area contributed by atoms with Gasteiger partial charge in [0.2, 0.25) is 0 Å². The van der Waals surface area contributed by atoms with Gasteiger partial charge in [-0.2, -0.15) is 0 Å². The van der Waals surface area contributed by atoms with Crippen LogP contribution in [0.5, 0.6) is 0 Å². The molecule has 102 valence electrons. The molecule has 0 aromatic rings. The van der Waals surface area contributed by atoms with E-state index in [9.17, 15) is 4.79 Å². The summed E-state index contributed by atoms with van der Waals surface area (Å²) < 4.78 is 5.30. The van der Waals surface area contributed by atoms with Crippen LogP contribution in [0, 0.1) is 0 Å². The molecule has 0 aliphatic carbocycles. The van der Waals surface area contributed by atoms with Gasteiger partial charge in [0.1, 0.15) is 0 Å². The third-order valence-corrected chi connectivity index (χ3v) is 3.01. The Kier molecular flexibility index (Phi) is 11.6. The van der Waals surface area contributed by atoms with E-state index in [0.29, 0.717) is 6.42 Å². The number of rotatable bonds is 11. The van der Waals surface area contributed by atoms with Crippen LogP contribution in [0.1, 0.15) is 85.0 Å². The van der Waals surface area contributed by atoms with Crippen molar-refractivity contribution < 1.29 is 9.53 Å². The highest BCUT2D eigenvalue weighted by atomic mass is 16.5. The van der Waals surface area contributed by atoms with E-state index >= 15 is 0 Å². The molecule has 0 rings (SSSR count). The van der Waals surface area contributed by atoms with Gasteiger partial charge in [0.05, 0.1) is 6.10 Å². The van der Waals surface area contributed by atoms with Crippen LogP contribution < -0.4 is 0 Å². The normalized spacial score (nSPS) is 12.4. The van der Waals surface area contributed by atoms with E-state index in [0.717, 1.165) is 19.3 Å². The Morgan fingerprint density at radius 3 is 2.12 bits per heavy atom. The van der Waals surface area contributed by atoms with E-state index in [-0.39, 0.29) is 12.1 Å². The van der Waals surface area contributed by atoms with Gasteiger partial charge in [-0.25, -0.2) is 0 Å². The number of esters is 1. The summed E-state index contributed by atoms with van der Waals surface area (Å²) in [6.45, 7) is 6.32. The van der Waals surface area contributed by atoms with Gasteiger partial charge in [-0.05, 0) is 19.8 Å². The van der Waals surface area contributed by atoms with Crippen molar-refractivity contribution in [1.82, 2.24) is 0 Å². The average molecular weight is 242 g/mol. The number of carbonyl (C=O) groups excluding carboxylic acids is 1. The highest BCUT2D eigenvalue weighted by Gasteiger charge is 2.07. The average Bonchev–Trinajstić information content (AvgIpc) is 2.28. The SMILES string of the molecule is CCCCCCCCCC(=O)OC(C)CCC. The number of ether oxygens (including phenoxy) is 1. The van der Waals surface area contributed by atoms with Gasteiger partial charge in [-0.3, -0.25) is 4.79 Å².